The van der Waals surface area contributed by atoms with Crippen LogP contribution in [0.5, 0.6) is 0 Å². The van der Waals surface area contributed by atoms with Crippen LogP contribution in [-0.2, 0) is 0 Å². The van der Waals surface area contributed by atoms with Crippen LogP contribution >= 0.6 is 0 Å². The number of allylic oxidation sites excluding steroid dienone is 2. The molecular weight excluding hydrogens is 74.1 g/mol. The maximum atomic E-state index is 7.81. The molecule has 0 rings (SSSR count). The van der Waals surface area contributed by atoms with Crippen molar-refractivity contribution in [1.29, 1.82) is 5.26 Å². The summed E-state index contributed by atoms with van der Waals surface area (Å²) in [5.41, 5.74) is 0.0509. The van der Waals surface area contributed by atoms with E-state index in [1.807, 2.05) is 0 Å². The molecule has 0 aliphatic carbocycles. The number of hydrogen-bond acceptors (Lipinski definition) is 1. The zero-order valence-corrected chi connectivity index (χ0v) is 3.18. The maximum Gasteiger partial charge on any atom is 0.0991 e. The molecule has 0 amide bonds. The van der Waals surface area contributed by atoms with Crippen molar-refractivity contribution in [1.82, 2.24) is 0 Å². The Bertz CT molecular complexity index is 106. The highest BCUT2D eigenvalue weighted by atomic mass is 14.2. The van der Waals surface area contributed by atoms with E-state index < -0.39 is 0 Å². The van der Waals surface area contributed by atoms with Crippen LogP contribution in [0.3, 0.4) is 0 Å². The second-order valence-corrected chi connectivity index (χ2v) is 0.734. The summed E-state index contributed by atoms with van der Waals surface area (Å²) in [4.78, 5) is 0. The fraction of sp³-hybridized carbons (Fsp3) is 0. The molecule has 28 valence electrons. The quantitative estimate of drug-likeness (QED) is 0.336. The van der Waals surface area contributed by atoms with Gasteiger partial charge in [-0.1, -0.05) is 6.58 Å². The largest absolute Gasteiger partial charge is 0.192 e. The predicted molar refractivity (Wildman–Crippen MR) is 22.3 cm³/mol. The van der Waals surface area contributed by atoms with Crippen molar-refractivity contribution in [2.75, 3.05) is 0 Å². The van der Waals surface area contributed by atoms with E-state index in [-0.39, 0.29) is 5.57 Å². The van der Waals surface area contributed by atoms with E-state index >= 15 is 0 Å². The summed E-state index contributed by atoms with van der Waals surface area (Å²) >= 11 is 0. The highest BCUT2D eigenvalue weighted by Crippen LogP contribution is 1.80. The smallest absolute Gasteiger partial charge is 0.0991 e. The number of hydrogen-bond donors (Lipinski definition) is 0. The van der Waals surface area contributed by atoms with E-state index in [2.05, 4.69) is 0 Å². The van der Waals surface area contributed by atoms with Crippen molar-refractivity contribution in [2.45, 2.75) is 0 Å². The van der Waals surface area contributed by atoms with Crippen LogP contribution in [0.25, 0.3) is 0 Å². The first-order valence-electron chi connectivity index (χ1n) is 1.38. The predicted octanol–water partition coefficient (Wildman–Crippen LogP) is 0.859. The lowest BCUT2D eigenvalue weighted by atomic mass is 10.3. The summed E-state index contributed by atoms with van der Waals surface area (Å²) in [6.45, 7) is 9.62. The van der Waals surface area contributed by atoms with Gasteiger partial charge in [0.15, 0.2) is 0 Å². The SMILES string of the molecule is [CH]=CC(=[CH])C#N. The van der Waals surface area contributed by atoms with Crippen LogP contribution in [0.1, 0.15) is 0 Å². The molecule has 0 aromatic heterocycles. The Balaban J connectivity index is 3.63. The fourth-order valence-corrected chi connectivity index (χ4v) is 0.0373. The number of nitrogens with zero attached hydrogens (tertiary/aromatic N) is 1. The summed E-state index contributed by atoms with van der Waals surface area (Å²) in [5, 5.41) is 7.81. The molecule has 0 heterocycles. The van der Waals surface area contributed by atoms with E-state index in [0.29, 0.717) is 0 Å². The van der Waals surface area contributed by atoms with Crippen LogP contribution in [-0.4, -0.2) is 0 Å². The summed E-state index contributed by atoms with van der Waals surface area (Å²) in [6.07, 6.45) is 1.06. The number of nitriles is 1. The molecule has 0 spiro atoms. The van der Waals surface area contributed by atoms with Gasteiger partial charge in [0, 0.05) is 0 Å². The molecule has 0 aromatic rings. The molecule has 1 heteroatoms. The Kier molecular flexibility index (Phi) is 1.84. The lowest BCUT2D eigenvalue weighted by Gasteiger charge is -1.67. The van der Waals surface area contributed by atoms with Gasteiger partial charge in [-0.2, -0.15) is 5.26 Å². The summed E-state index contributed by atoms with van der Waals surface area (Å²) in [7, 11) is 0. The molecule has 0 fully saturated rings. The van der Waals surface area contributed by atoms with E-state index in [1.54, 1.807) is 6.07 Å². The minimum atomic E-state index is 0.0509. The third-order valence-electron chi connectivity index (χ3n) is 0.309. The maximum absolute atomic E-state index is 7.81. The van der Waals surface area contributed by atoms with Crippen LogP contribution in [0.2, 0.25) is 0 Å². The molecule has 6 heavy (non-hydrogen) atoms. The molecule has 0 unspecified atom stereocenters. The van der Waals surface area contributed by atoms with Gasteiger partial charge in [0.25, 0.3) is 0 Å². The average Bonchev–Trinajstić information content (AvgIpc) is 1.65. The van der Waals surface area contributed by atoms with Crippen LogP contribution in [0, 0.1) is 24.5 Å². The Labute approximate surface area is 37.2 Å². The van der Waals surface area contributed by atoms with E-state index in [1.165, 1.54) is 0 Å². The van der Waals surface area contributed by atoms with E-state index in [0.717, 1.165) is 6.08 Å². The highest BCUT2D eigenvalue weighted by molar-refractivity contribution is 5.24. The van der Waals surface area contributed by atoms with E-state index in [4.69, 9.17) is 18.4 Å². The fourth-order valence-electron chi connectivity index (χ4n) is 0.0373. The third kappa shape index (κ3) is 1.31. The van der Waals surface area contributed by atoms with Gasteiger partial charge in [0.05, 0.1) is 11.6 Å². The Morgan fingerprint density at radius 1 is 1.83 bits per heavy atom. The third-order valence-corrected chi connectivity index (χ3v) is 0.309. The lowest BCUT2D eigenvalue weighted by molar-refractivity contribution is 1.50. The van der Waals surface area contributed by atoms with Gasteiger partial charge >= 0.3 is 0 Å². The summed E-state index contributed by atoms with van der Waals surface area (Å²) in [5.74, 6) is 0. The standard InChI is InChI=1S/C5H3N/c1-3-5(2)4-6/h1-3H. The molecular formula is C5H3N. The topological polar surface area (TPSA) is 23.8 Å². The molecule has 0 atom stereocenters. The van der Waals surface area contributed by atoms with Gasteiger partial charge in [-0.25, -0.2) is 0 Å². The second-order valence-electron chi connectivity index (χ2n) is 0.734. The van der Waals surface area contributed by atoms with Gasteiger partial charge in [0.2, 0.25) is 0 Å². The molecule has 0 N–H and O–H groups in total. The molecule has 0 saturated heterocycles. The average molecular weight is 77.1 g/mol. The van der Waals surface area contributed by atoms with Crippen molar-refractivity contribution in [3.63, 3.8) is 0 Å². The van der Waals surface area contributed by atoms with Gasteiger partial charge in [0.1, 0.15) is 0 Å². The van der Waals surface area contributed by atoms with Gasteiger partial charge in [-0.3, -0.25) is 0 Å². The minimum Gasteiger partial charge on any atom is -0.192 e. The van der Waals surface area contributed by atoms with Crippen LogP contribution < -0.4 is 0 Å². The normalized spacial score (nSPS) is 5.83. The Morgan fingerprint density at radius 3 is 2.33 bits per heavy atom. The second kappa shape index (κ2) is 2.22. The zero-order chi connectivity index (χ0) is 4.99. The molecule has 1 nitrogen and oxygen atoms in total. The summed E-state index contributed by atoms with van der Waals surface area (Å²) in [6, 6.07) is 1.63. The molecule has 0 aliphatic heterocycles. The van der Waals surface area contributed by atoms with Crippen LogP contribution in [0.4, 0.5) is 0 Å². The van der Waals surface area contributed by atoms with Crippen molar-refractivity contribution >= 4 is 0 Å². The Hall–Kier alpha value is -1.03. The highest BCUT2D eigenvalue weighted by Gasteiger charge is 1.71. The Morgan fingerprint density at radius 2 is 2.33 bits per heavy atom. The van der Waals surface area contributed by atoms with Gasteiger partial charge < -0.3 is 0 Å². The van der Waals surface area contributed by atoms with Crippen molar-refractivity contribution in [2.24, 2.45) is 0 Å². The molecule has 0 saturated carbocycles. The first-order chi connectivity index (χ1) is 2.81. The summed E-state index contributed by atoms with van der Waals surface area (Å²) < 4.78 is 0. The molecule has 0 aromatic carbocycles. The van der Waals surface area contributed by atoms with Crippen molar-refractivity contribution in [3.05, 3.63) is 24.8 Å². The first-order valence-corrected chi connectivity index (χ1v) is 1.38. The first kappa shape index (κ1) is 4.97. The minimum absolute atomic E-state index is 0.0509. The zero-order valence-electron chi connectivity index (χ0n) is 3.18. The molecule has 0 aliphatic rings. The number of rotatable bonds is 1. The monoisotopic (exact) mass is 77.0 g/mol. The molecule has 2 radical (unpaired) electrons. The van der Waals surface area contributed by atoms with Gasteiger partial charge in [-0.05, 0) is 12.7 Å². The van der Waals surface area contributed by atoms with Crippen molar-refractivity contribution < 1.29 is 0 Å². The van der Waals surface area contributed by atoms with Crippen molar-refractivity contribution in [3.8, 4) is 6.07 Å². The lowest BCUT2D eigenvalue weighted by Crippen LogP contribution is -1.58. The molecule has 0 bridgehead atoms. The van der Waals surface area contributed by atoms with Gasteiger partial charge in [-0.15, -0.1) is 0 Å². The van der Waals surface area contributed by atoms with E-state index in [9.17, 15) is 0 Å². The van der Waals surface area contributed by atoms with Crippen LogP contribution in [0.15, 0.2) is 11.6 Å².